The largest absolute Gasteiger partial charge is 0.393 e. The highest BCUT2D eigenvalue weighted by Crippen LogP contribution is 2.00. The highest BCUT2D eigenvalue weighted by molar-refractivity contribution is 5.82. The molecule has 0 fully saturated rings. The number of aromatic nitrogens is 1. The molecule has 1 unspecified atom stereocenters. The predicted octanol–water partition coefficient (Wildman–Crippen LogP) is 1.09. The fraction of sp³-hybridized carbons (Fsp3) is 0.364. The van der Waals surface area contributed by atoms with E-state index in [0.717, 1.165) is 19.4 Å². The van der Waals surface area contributed by atoms with Crippen LogP contribution in [0, 0.1) is 7.05 Å². The van der Waals surface area contributed by atoms with Crippen molar-refractivity contribution in [3.63, 3.8) is 0 Å². The molecule has 0 aromatic carbocycles. The first-order chi connectivity index (χ1) is 7.24. The summed E-state index contributed by atoms with van der Waals surface area (Å²) in [6, 6.07) is 3.47. The van der Waals surface area contributed by atoms with Crippen LogP contribution in [0.25, 0.3) is 0 Å². The van der Waals surface area contributed by atoms with Gasteiger partial charge < -0.3 is 4.90 Å². The van der Waals surface area contributed by atoms with Crippen LogP contribution in [0.5, 0.6) is 0 Å². The summed E-state index contributed by atoms with van der Waals surface area (Å²) in [5, 5.41) is 2.75. The van der Waals surface area contributed by atoms with Gasteiger partial charge in [-0.25, -0.2) is 4.79 Å². The summed E-state index contributed by atoms with van der Waals surface area (Å²) in [4.78, 5) is 16.1. The molecule has 0 aliphatic carbocycles. The first-order valence-electron chi connectivity index (χ1n) is 5.13. The highest BCUT2D eigenvalue weighted by Gasteiger charge is 2.08. The van der Waals surface area contributed by atoms with E-state index in [-0.39, 0.29) is 6.03 Å². The van der Waals surface area contributed by atoms with Crippen molar-refractivity contribution >= 4 is 11.7 Å². The van der Waals surface area contributed by atoms with Gasteiger partial charge in [0.2, 0.25) is 0 Å². The third kappa shape index (κ3) is 4.08. The molecule has 0 radical (unpaired) electrons. The Labute approximate surface area is 90.3 Å². The van der Waals surface area contributed by atoms with E-state index >= 15 is 0 Å². The Bertz CT molecular complexity index is 300. The number of nitrogens with zero attached hydrogens (tertiary/aromatic N) is 1. The summed E-state index contributed by atoms with van der Waals surface area (Å²) in [7, 11) is 3.76. The fourth-order valence-electron chi connectivity index (χ4n) is 1.16. The molecule has 1 rings (SSSR count). The van der Waals surface area contributed by atoms with E-state index in [9.17, 15) is 4.79 Å². The average Bonchev–Trinajstić information content (AvgIpc) is 2.27. The molecule has 4 nitrogen and oxygen atoms in total. The number of nitrogens with one attached hydrogen (secondary N) is 2. The minimum Gasteiger partial charge on any atom is -0.384 e. The lowest BCUT2D eigenvalue weighted by molar-refractivity contribution is -0.762. The Kier molecular flexibility index (Phi) is 4.77. The van der Waals surface area contributed by atoms with Crippen LogP contribution in [0.15, 0.2) is 24.5 Å². The monoisotopic (exact) mass is 207 g/mol. The summed E-state index contributed by atoms with van der Waals surface area (Å²) in [5.41, 5.74) is 0.708. The number of amides is 2. The number of carbonyl (C=O) groups excluding carboxylic acids is 1. The van der Waals surface area contributed by atoms with Crippen LogP contribution in [-0.2, 0) is 0 Å². The second-order valence-corrected chi connectivity index (χ2v) is 3.40. The summed E-state index contributed by atoms with van der Waals surface area (Å²) in [5.74, 6) is 0. The molecule has 0 spiro atoms. The molecule has 0 aliphatic rings. The Balaban J connectivity index is 2.42. The standard InChI is InChI=1S/C11H17N3O/c1-3-4-8-14(2)11(15)13-10-6-5-7-12-9-10/h5-7,9,14H,2-4,8H2,1H3,(H,13,15). The fourth-order valence-corrected chi connectivity index (χ4v) is 1.16. The zero-order valence-electron chi connectivity index (χ0n) is 8.99. The molecule has 0 aliphatic heterocycles. The number of unbranched alkanes of at least 4 members (excludes halogenated alkanes) is 1. The molecule has 1 aromatic rings. The van der Waals surface area contributed by atoms with Crippen LogP contribution in [-0.4, -0.2) is 17.6 Å². The lowest BCUT2D eigenvalue weighted by Gasteiger charge is -2.17. The van der Waals surface area contributed by atoms with Crippen LogP contribution in [0.2, 0.25) is 0 Å². The lowest BCUT2D eigenvalue weighted by atomic mass is 10.3. The molecule has 1 aromatic heterocycles. The molecule has 0 saturated heterocycles. The first-order valence-corrected chi connectivity index (χ1v) is 5.13. The van der Waals surface area contributed by atoms with Crippen molar-refractivity contribution in [3.05, 3.63) is 31.6 Å². The molecule has 1 heterocycles. The number of carbonyl (C=O) groups is 1. The second-order valence-electron chi connectivity index (χ2n) is 3.40. The van der Waals surface area contributed by atoms with Gasteiger partial charge in [0.05, 0.1) is 18.4 Å². The summed E-state index contributed by atoms with van der Waals surface area (Å²) < 4.78 is 0. The molecule has 15 heavy (non-hydrogen) atoms. The third-order valence-corrected chi connectivity index (χ3v) is 2.07. The van der Waals surface area contributed by atoms with E-state index in [1.807, 2.05) is 0 Å². The maximum absolute atomic E-state index is 11.6. The predicted molar refractivity (Wildman–Crippen MR) is 59.4 cm³/mol. The Morgan fingerprint density at radius 2 is 2.47 bits per heavy atom. The topological polar surface area (TPSA) is 46.4 Å². The van der Waals surface area contributed by atoms with Crippen molar-refractivity contribution in [1.82, 2.24) is 4.98 Å². The minimum absolute atomic E-state index is 0.114. The maximum atomic E-state index is 11.6. The third-order valence-electron chi connectivity index (χ3n) is 2.07. The van der Waals surface area contributed by atoms with Gasteiger partial charge in [0.25, 0.3) is 0 Å². The van der Waals surface area contributed by atoms with Crippen LogP contribution in [0.3, 0.4) is 0 Å². The van der Waals surface area contributed by atoms with Gasteiger partial charge in [0.1, 0.15) is 0 Å². The molecule has 1 atom stereocenters. The molecule has 2 amide bonds. The van der Waals surface area contributed by atoms with Gasteiger partial charge in [-0.2, -0.15) is 0 Å². The van der Waals surface area contributed by atoms with Gasteiger partial charge in [-0.15, -0.1) is 7.05 Å². The number of rotatable bonds is 4. The zero-order chi connectivity index (χ0) is 11.1. The van der Waals surface area contributed by atoms with Crippen LogP contribution in [0.4, 0.5) is 10.5 Å². The van der Waals surface area contributed by atoms with Crippen LogP contribution < -0.4 is 10.2 Å². The van der Waals surface area contributed by atoms with Crippen LogP contribution in [0.1, 0.15) is 19.8 Å². The first kappa shape index (κ1) is 11.7. The molecule has 4 heteroatoms. The number of anilines is 1. The molecule has 0 saturated carbocycles. The van der Waals surface area contributed by atoms with Crippen LogP contribution >= 0.6 is 0 Å². The smallest absolute Gasteiger partial charge is 0.384 e. The van der Waals surface area contributed by atoms with Gasteiger partial charge in [-0.3, -0.25) is 10.3 Å². The molecule has 2 N–H and O–H groups in total. The second kappa shape index (κ2) is 6.14. The quantitative estimate of drug-likeness (QED) is 0.726. The number of quaternary nitrogens is 1. The van der Waals surface area contributed by atoms with Gasteiger partial charge in [-0.05, 0) is 18.6 Å². The minimum atomic E-state index is -0.114. The molecule has 0 bridgehead atoms. The normalized spacial score (nSPS) is 12.1. The van der Waals surface area contributed by atoms with Gasteiger partial charge in [0.15, 0.2) is 0 Å². The number of urea groups is 1. The summed E-state index contributed by atoms with van der Waals surface area (Å²) in [6.45, 7) is 2.84. The van der Waals surface area contributed by atoms with E-state index in [2.05, 4.69) is 24.3 Å². The molecular formula is C11H17N3O. The average molecular weight is 207 g/mol. The van der Waals surface area contributed by atoms with E-state index < -0.39 is 0 Å². The highest BCUT2D eigenvalue weighted by atomic mass is 16.2. The van der Waals surface area contributed by atoms with Gasteiger partial charge in [0, 0.05) is 6.20 Å². The number of hydrogen-bond donors (Lipinski definition) is 2. The van der Waals surface area contributed by atoms with Gasteiger partial charge in [-0.1, -0.05) is 13.3 Å². The molecular weight excluding hydrogens is 190 g/mol. The Morgan fingerprint density at radius 1 is 1.67 bits per heavy atom. The summed E-state index contributed by atoms with van der Waals surface area (Å²) >= 11 is 0. The van der Waals surface area contributed by atoms with Crippen molar-refractivity contribution in [2.45, 2.75) is 19.8 Å². The van der Waals surface area contributed by atoms with Crippen molar-refractivity contribution in [3.8, 4) is 0 Å². The van der Waals surface area contributed by atoms with Gasteiger partial charge >= 0.3 is 6.03 Å². The Morgan fingerprint density at radius 3 is 3.07 bits per heavy atom. The van der Waals surface area contributed by atoms with Crippen molar-refractivity contribution in [1.29, 1.82) is 0 Å². The maximum Gasteiger partial charge on any atom is 0.393 e. The van der Waals surface area contributed by atoms with Crippen molar-refractivity contribution < 1.29 is 9.69 Å². The lowest BCUT2D eigenvalue weighted by Crippen LogP contribution is -3.10. The van der Waals surface area contributed by atoms with E-state index in [4.69, 9.17) is 0 Å². The van der Waals surface area contributed by atoms with Crippen molar-refractivity contribution in [2.75, 3.05) is 11.9 Å². The number of hydrogen-bond acceptors (Lipinski definition) is 2. The Hall–Kier alpha value is -1.42. The molecule has 82 valence electrons. The summed E-state index contributed by atoms with van der Waals surface area (Å²) in [6.07, 6.45) is 5.35. The SMILES string of the molecule is [CH2-][NH+](CCCC)C(=O)Nc1cccnc1. The van der Waals surface area contributed by atoms with E-state index in [1.54, 1.807) is 24.5 Å². The van der Waals surface area contributed by atoms with E-state index in [1.165, 1.54) is 0 Å². The van der Waals surface area contributed by atoms with Crippen molar-refractivity contribution in [2.24, 2.45) is 0 Å². The van der Waals surface area contributed by atoms with E-state index in [0.29, 0.717) is 10.6 Å². The zero-order valence-corrected chi connectivity index (χ0v) is 8.99. The number of pyridine rings is 1.